The number of anilines is 1. The average Bonchev–Trinajstić information content (AvgIpc) is 2.82. The number of nitrogen functional groups attached to an aromatic ring is 1. The molecule has 0 atom stereocenters. The Bertz CT molecular complexity index is 732. The van der Waals surface area contributed by atoms with E-state index >= 15 is 0 Å². The predicted octanol–water partition coefficient (Wildman–Crippen LogP) is 0.999. The van der Waals surface area contributed by atoms with Crippen molar-refractivity contribution in [1.29, 1.82) is 0 Å². The smallest absolute Gasteiger partial charge is 0.178 e. The Morgan fingerprint density at radius 2 is 2.17 bits per heavy atom. The Morgan fingerprint density at radius 1 is 1.39 bits per heavy atom. The van der Waals surface area contributed by atoms with Crippen molar-refractivity contribution in [3.8, 4) is 11.1 Å². The lowest BCUT2D eigenvalue weighted by molar-refractivity contribution is 0.600. The van der Waals surface area contributed by atoms with Gasteiger partial charge >= 0.3 is 0 Å². The Hall–Kier alpha value is -1.82. The topological polar surface area (TPSA) is 78.0 Å². The summed E-state index contributed by atoms with van der Waals surface area (Å²) in [6.07, 6.45) is 2.25. The fraction of sp³-hybridized carbons (Fsp3) is 0.250. The summed E-state index contributed by atoms with van der Waals surface area (Å²) in [4.78, 5) is 0.434. The van der Waals surface area contributed by atoms with Gasteiger partial charge in [0.1, 0.15) is 5.82 Å². The van der Waals surface area contributed by atoms with Gasteiger partial charge < -0.3 is 5.73 Å². The molecule has 1 aliphatic rings. The molecule has 1 aliphatic heterocycles. The van der Waals surface area contributed by atoms with Crippen molar-refractivity contribution in [2.45, 2.75) is 11.3 Å². The molecule has 0 saturated carbocycles. The van der Waals surface area contributed by atoms with Gasteiger partial charge in [-0.25, -0.2) is 8.42 Å². The largest absolute Gasteiger partial charge is 0.383 e. The van der Waals surface area contributed by atoms with E-state index in [1.807, 2.05) is 12.1 Å². The van der Waals surface area contributed by atoms with Gasteiger partial charge in [-0.05, 0) is 23.6 Å². The highest BCUT2D eigenvalue weighted by Gasteiger charge is 2.26. The first-order valence-electron chi connectivity index (χ1n) is 5.62. The van der Waals surface area contributed by atoms with Gasteiger partial charge in [-0.1, -0.05) is 12.1 Å². The minimum absolute atomic E-state index is 0.203. The van der Waals surface area contributed by atoms with Crippen molar-refractivity contribution in [3.63, 3.8) is 0 Å². The third-order valence-electron chi connectivity index (χ3n) is 3.34. The van der Waals surface area contributed by atoms with Crippen molar-refractivity contribution in [3.05, 3.63) is 30.0 Å². The summed E-state index contributed by atoms with van der Waals surface area (Å²) in [6, 6.07) is 5.46. The summed E-state index contributed by atoms with van der Waals surface area (Å²) in [5.41, 5.74) is 8.35. The second-order valence-corrected chi connectivity index (χ2v) is 6.54. The number of hydrogen-bond acceptors (Lipinski definition) is 4. The molecule has 18 heavy (non-hydrogen) atoms. The molecule has 2 heterocycles. The fourth-order valence-corrected chi connectivity index (χ4v) is 3.83. The lowest BCUT2D eigenvalue weighted by atomic mass is 10.1. The van der Waals surface area contributed by atoms with Crippen molar-refractivity contribution in [2.24, 2.45) is 7.05 Å². The van der Waals surface area contributed by atoms with Crippen molar-refractivity contribution in [1.82, 2.24) is 9.78 Å². The molecule has 0 aliphatic carbocycles. The molecule has 0 unspecified atom stereocenters. The third-order valence-corrected chi connectivity index (χ3v) is 5.13. The van der Waals surface area contributed by atoms with Gasteiger partial charge in [-0.15, -0.1) is 0 Å². The molecule has 0 fully saturated rings. The highest BCUT2D eigenvalue weighted by molar-refractivity contribution is 7.91. The molecule has 5 nitrogen and oxygen atoms in total. The molecule has 6 heteroatoms. The predicted molar refractivity (Wildman–Crippen MR) is 68.8 cm³/mol. The van der Waals surface area contributed by atoms with Crippen molar-refractivity contribution >= 4 is 15.7 Å². The SMILES string of the molecule is Cn1ncc(-c2ccc3c(c2)S(=O)(=O)CC3)c1N. The van der Waals surface area contributed by atoms with Crippen LogP contribution in [0.4, 0.5) is 5.82 Å². The maximum atomic E-state index is 11.9. The van der Waals surface area contributed by atoms with Crippen molar-refractivity contribution in [2.75, 3.05) is 11.5 Å². The van der Waals surface area contributed by atoms with Gasteiger partial charge in [0, 0.05) is 12.6 Å². The summed E-state index contributed by atoms with van der Waals surface area (Å²) in [5.74, 6) is 0.735. The third kappa shape index (κ3) is 1.53. The van der Waals surface area contributed by atoms with E-state index in [0.717, 1.165) is 16.7 Å². The summed E-state index contributed by atoms with van der Waals surface area (Å²) < 4.78 is 25.3. The molecule has 0 amide bonds. The standard InChI is InChI=1S/C12H13N3O2S/c1-15-12(13)10(7-14-15)9-3-2-8-4-5-18(16,17)11(8)6-9/h2-3,6-7H,4-5,13H2,1H3. The average molecular weight is 263 g/mol. The van der Waals surface area contributed by atoms with Crippen LogP contribution in [0.2, 0.25) is 0 Å². The van der Waals surface area contributed by atoms with Gasteiger partial charge in [0.15, 0.2) is 9.84 Å². The van der Waals surface area contributed by atoms with Gasteiger partial charge in [0.2, 0.25) is 0 Å². The Kier molecular flexibility index (Phi) is 2.25. The minimum atomic E-state index is -3.11. The van der Waals surface area contributed by atoms with Crippen LogP contribution in [0.1, 0.15) is 5.56 Å². The van der Waals surface area contributed by atoms with Crippen LogP contribution in [0.5, 0.6) is 0 Å². The second-order valence-electron chi connectivity index (χ2n) is 4.46. The molecule has 0 bridgehead atoms. The minimum Gasteiger partial charge on any atom is -0.383 e. The number of fused-ring (bicyclic) bond motifs is 1. The van der Waals surface area contributed by atoms with E-state index in [9.17, 15) is 8.42 Å². The maximum Gasteiger partial charge on any atom is 0.178 e. The van der Waals surface area contributed by atoms with Crippen molar-refractivity contribution < 1.29 is 8.42 Å². The quantitative estimate of drug-likeness (QED) is 0.832. The number of sulfone groups is 1. The van der Waals surface area contributed by atoms with Gasteiger partial charge in [0.25, 0.3) is 0 Å². The number of rotatable bonds is 1. The molecule has 0 spiro atoms. The van der Waals surface area contributed by atoms with Crippen LogP contribution in [-0.2, 0) is 23.3 Å². The number of aryl methyl sites for hydroxylation is 2. The molecule has 2 aromatic rings. The number of benzene rings is 1. The maximum absolute atomic E-state index is 11.9. The van der Waals surface area contributed by atoms with Gasteiger partial charge in [0.05, 0.1) is 16.8 Å². The van der Waals surface area contributed by atoms with Crippen LogP contribution in [0.3, 0.4) is 0 Å². The number of nitrogens with two attached hydrogens (primary N) is 1. The monoisotopic (exact) mass is 263 g/mol. The second kappa shape index (κ2) is 3.58. The van der Waals surface area contributed by atoms with E-state index in [-0.39, 0.29) is 5.75 Å². The van der Waals surface area contributed by atoms with E-state index in [0.29, 0.717) is 17.1 Å². The molecular weight excluding hydrogens is 250 g/mol. The Morgan fingerprint density at radius 3 is 2.83 bits per heavy atom. The molecule has 1 aromatic carbocycles. The lowest BCUT2D eigenvalue weighted by Crippen LogP contribution is -2.00. The number of aromatic nitrogens is 2. The summed E-state index contributed by atoms with van der Waals surface area (Å²) in [5, 5.41) is 4.06. The van der Waals surface area contributed by atoms with E-state index in [2.05, 4.69) is 5.10 Å². The highest BCUT2D eigenvalue weighted by atomic mass is 32.2. The van der Waals surface area contributed by atoms with E-state index < -0.39 is 9.84 Å². The van der Waals surface area contributed by atoms with Crippen LogP contribution < -0.4 is 5.73 Å². The molecule has 94 valence electrons. The van der Waals surface area contributed by atoms with Crippen LogP contribution in [0.25, 0.3) is 11.1 Å². The Labute approximate surface area is 105 Å². The zero-order valence-corrected chi connectivity index (χ0v) is 10.7. The zero-order chi connectivity index (χ0) is 12.9. The normalized spacial score (nSPS) is 16.7. The molecule has 0 saturated heterocycles. The van der Waals surface area contributed by atoms with Gasteiger partial charge in [-0.2, -0.15) is 5.10 Å². The van der Waals surface area contributed by atoms with Crippen LogP contribution >= 0.6 is 0 Å². The van der Waals surface area contributed by atoms with E-state index in [1.165, 1.54) is 0 Å². The zero-order valence-electron chi connectivity index (χ0n) is 9.92. The summed E-state index contributed by atoms with van der Waals surface area (Å²) in [7, 11) is -1.36. The number of nitrogens with zero attached hydrogens (tertiary/aromatic N) is 2. The first kappa shape index (κ1) is 11.3. The molecule has 1 aromatic heterocycles. The van der Waals surface area contributed by atoms with E-state index in [4.69, 9.17) is 5.73 Å². The molecule has 3 rings (SSSR count). The molecular formula is C12H13N3O2S. The van der Waals surface area contributed by atoms with Crippen LogP contribution in [0.15, 0.2) is 29.3 Å². The first-order valence-corrected chi connectivity index (χ1v) is 7.28. The van der Waals surface area contributed by atoms with Gasteiger partial charge in [-0.3, -0.25) is 4.68 Å². The summed E-state index contributed by atoms with van der Waals surface area (Å²) in [6.45, 7) is 0. The van der Waals surface area contributed by atoms with E-state index in [1.54, 1.807) is 24.0 Å². The fourth-order valence-electron chi connectivity index (χ4n) is 2.24. The highest BCUT2D eigenvalue weighted by Crippen LogP contribution is 2.32. The number of hydrogen-bond donors (Lipinski definition) is 1. The molecule has 2 N–H and O–H groups in total. The van der Waals surface area contributed by atoms with Crippen LogP contribution in [-0.4, -0.2) is 24.0 Å². The van der Waals surface area contributed by atoms with Crippen LogP contribution in [0, 0.1) is 0 Å². The summed E-state index contributed by atoms with van der Waals surface area (Å²) >= 11 is 0. The first-order chi connectivity index (χ1) is 8.49. The Balaban J connectivity index is 2.20. The molecule has 0 radical (unpaired) electrons. The lowest BCUT2D eigenvalue weighted by Gasteiger charge is -2.04.